The molecule has 0 N–H and O–H groups in total. The summed E-state index contributed by atoms with van der Waals surface area (Å²) < 4.78 is 26.4. The van der Waals surface area contributed by atoms with Gasteiger partial charge in [-0.25, -0.2) is 8.78 Å². The van der Waals surface area contributed by atoms with Crippen LogP contribution in [0.4, 0.5) is 8.78 Å². The minimum Gasteiger partial charge on any atom is -0.207 e. The molecule has 4 heteroatoms. The predicted octanol–water partition coefficient (Wildman–Crippen LogP) is 3.49. The van der Waals surface area contributed by atoms with Gasteiger partial charge in [0, 0.05) is 0 Å². The highest BCUT2D eigenvalue weighted by atomic mass is 19.1. The molecule has 0 saturated carbocycles. The van der Waals surface area contributed by atoms with Crippen LogP contribution in [0.15, 0.2) is 42.5 Å². The first-order chi connectivity index (χ1) is 9.17. The average molecular weight is 254 g/mol. The minimum absolute atomic E-state index is 0.154. The van der Waals surface area contributed by atoms with Crippen molar-refractivity contribution in [2.24, 2.45) is 0 Å². The first-order valence-electron chi connectivity index (χ1n) is 5.51. The maximum absolute atomic E-state index is 13.5. The summed E-state index contributed by atoms with van der Waals surface area (Å²) in [6.45, 7) is 0. The molecule has 0 aliphatic carbocycles. The third-order valence-corrected chi connectivity index (χ3v) is 2.80. The van der Waals surface area contributed by atoms with Crippen molar-refractivity contribution in [2.75, 3.05) is 0 Å². The van der Waals surface area contributed by atoms with Crippen molar-refractivity contribution in [3.8, 4) is 12.1 Å². The zero-order valence-corrected chi connectivity index (χ0v) is 9.77. The van der Waals surface area contributed by atoms with Crippen molar-refractivity contribution in [2.45, 2.75) is 5.92 Å². The van der Waals surface area contributed by atoms with Crippen LogP contribution in [-0.2, 0) is 0 Å². The molecule has 0 bridgehead atoms. The molecule has 2 aromatic carbocycles. The van der Waals surface area contributed by atoms with E-state index in [0.717, 1.165) is 0 Å². The summed E-state index contributed by atoms with van der Waals surface area (Å²) in [5, 5.41) is 18.2. The van der Waals surface area contributed by atoms with Crippen LogP contribution >= 0.6 is 0 Å². The number of nitriles is 2. The predicted molar refractivity (Wildman–Crippen MR) is 65.0 cm³/mol. The van der Waals surface area contributed by atoms with E-state index in [2.05, 4.69) is 0 Å². The Hall–Kier alpha value is -2.72. The van der Waals surface area contributed by atoms with Crippen LogP contribution in [-0.4, -0.2) is 0 Å². The number of nitrogens with zero attached hydrogens (tertiary/aromatic N) is 2. The van der Waals surface area contributed by atoms with E-state index in [1.165, 1.54) is 42.5 Å². The van der Waals surface area contributed by atoms with Crippen LogP contribution in [0.1, 0.15) is 22.6 Å². The summed E-state index contributed by atoms with van der Waals surface area (Å²) in [5.41, 5.74) is 0.654. The molecule has 19 heavy (non-hydrogen) atoms. The fourth-order valence-corrected chi connectivity index (χ4v) is 1.88. The molecule has 2 aromatic rings. The van der Waals surface area contributed by atoms with Gasteiger partial charge in [-0.05, 0) is 29.3 Å². The van der Waals surface area contributed by atoms with Gasteiger partial charge in [0.1, 0.15) is 17.7 Å². The molecule has 0 fully saturated rings. The van der Waals surface area contributed by atoms with Crippen LogP contribution in [0.25, 0.3) is 0 Å². The van der Waals surface area contributed by atoms with E-state index in [1.54, 1.807) is 6.07 Å². The second kappa shape index (κ2) is 5.29. The molecule has 0 heterocycles. The summed E-state index contributed by atoms with van der Waals surface area (Å²) in [6, 6.07) is 13.3. The molecule has 2 nitrogen and oxygen atoms in total. The summed E-state index contributed by atoms with van der Waals surface area (Å²) in [7, 11) is 0. The van der Waals surface area contributed by atoms with Gasteiger partial charge < -0.3 is 0 Å². The largest absolute Gasteiger partial charge is 0.207 e. The highest BCUT2D eigenvalue weighted by molar-refractivity contribution is 5.48. The Balaban J connectivity index is 2.56. The monoisotopic (exact) mass is 254 g/mol. The summed E-state index contributed by atoms with van der Waals surface area (Å²) >= 11 is 0. The van der Waals surface area contributed by atoms with E-state index in [0.29, 0.717) is 5.56 Å². The molecular formula is C15H8F2N2. The van der Waals surface area contributed by atoms with E-state index in [9.17, 15) is 14.0 Å². The number of hydrogen-bond acceptors (Lipinski definition) is 2. The van der Waals surface area contributed by atoms with E-state index < -0.39 is 17.6 Å². The molecule has 0 spiro atoms. The van der Waals surface area contributed by atoms with Crippen molar-refractivity contribution in [3.63, 3.8) is 0 Å². The molecule has 0 aliphatic heterocycles. The fraction of sp³-hybridized carbons (Fsp3) is 0.0667. The van der Waals surface area contributed by atoms with Gasteiger partial charge in [0.25, 0.3) is 0 Å². The molecule has 0 saturated heterocycles. The second-order valence-corrected chi connectivity index (χ2v) is 3.93. The Bertz CT molecular complexity index is 679. The van der Waals surface area contributed by atoms with Crippen LogP contribution in [0.2, 0.25) is 0 Å². The summed E-state index contributed by atoms with van der Waals surface area (Å²) in [5.74, 6) is -1.88. The van der Waals surface area contributed by atoms with Gasteiger partial charge in [-0.15, -0.1) is 0 Å². The number of hydrogen-bond donors (Lipinski definition) is 0. The Morgan fingerprint density at radius 2 is 1.63 bits per heavy atom. The van der Waals surface area contributed by atoms with Gasteiger partial charge in [-0.1, -0.05) is 24.3 Å². The van der Waals surface area contributed by atoms with Crippen molar-refractivity contribution in [1.82, 2.24) is 0 Å². The molecule has 0 amide bonds. The highest BCUT2D eigenvalue weighted by Crippen LogP contribution is 2.28. The van der Waals surface area contributed by atoms with Crippen molar-refractivity contribution >= 4 is 0 Å². The Morgan fingerprint density at radius 1 is 0.947 bits per heavy atom. The second-order valence-electron chi connectivity index (χ2n) is 3.93. The lowest BCUT2D eigenvalue weighted by atomic mass is 9.89. The Labute approximate surface area is 109 Å². The maximum atomic E-state index is 13.5. The zero-order valence-electron chi connectivity index (χ0n) is 9.77. The third-order valence-electron chi connectivity index (χ3n) is 2.80. The molecule has 0 aromatic heterocycles. The SMILES string of the molecule is N#Cc1c(F)cccc1[C@H](C#N)c1ccc(F)cc1. The van der Waals surface area contributed by atoms with E-state index in [-0.39, 0.29) is 11.1 Å². The van der Waals surface area contributed by atoms with E-state index >= 15 is 0 Å². The number of halogens is 2. The highest BCUT2D eigenvalue weighted by Gasteiger charge is 2.19. The summed E-state index contributed by atoms with van der Waals surface area (Å²) in [4.78, 5) is 0. The quantitative estimate of drug-likeness (QED) is 0.823. The fourth-order valence-electron chi connectivity index (χ4n) is 1.88. The van der Waals surface area contributed by atoms with Crippen molar-refractivity contribution in [3.05, 3.63) is 70.8 Å². The zero-order chi connectivity index (χ0) is 13.8. The van der Waals surface area contributed by atoms with Gasteiger partial charge >= 0.3 is 0 Å². The lowest BCUT2D eigenvalue weighted by molar-refractivity contribution is 0.620. The molecular weight excluding hydrogens is 246 g/mol. The molecule has 0 radical (unpaired) electrons. The normalized spacial score (nSPS) is 11.4. The smallest absolute Gasteiger partial charge is 0.141 e. The molecule has 92 valence electrons. The lowest BCUT2D eigenvalue weighted by Gasteiger charge is -2.11. The lowest BCUT2D eigenvalue weighted by Crippen LogP contribution is -2.03. The Kier molecular flexibility index (Phi) is 3.54. The van der Waals surface area contributed by atoms with Gasteiger partial charge in [-0.3, -0.25) is 0 Å². The first-order valence-corrected chi connectivity index (χ1v) is 5.51. The maximum Gasteiger partial charge on any atom is 0.141 e. The number of rotatable bonds is 2. The van der Waals surface area contributed by atoms with Gasteiger partial charge in [-0.2, -0.15) is 10.5 Å². The molecule has 0 unspecified atom stereocenters. The van der Waals surface area contributed by atoms with Crippen molar-refractivity contribution in [1.29, 1.82) is 10.5 Å². The van der Waals surface area contributed by atoms with Gasteiger partial charge in [0.15, 0.2) is 0 Å². The third kappa shape index (κ3) is 2.43. The summed E-state index contributed by atoms with van der Waals surface area (Å²) in [6.07, 6.45) is 0. The minimum atomic E-state index is -0.800. The van der Waals surface area contributed by atoms with Crippen LogP contribution in [0.5, 0.6) is 0 Å². The van der Waals surface area contributed by atoms with E-state index in [1.807, 2.05) is 6.07 Å². The standard InChI is InChI=1S/C15H8F2N2/c16-11-6-4-10(5-7-11)13(8-18)12-2-1-3-15(17)14(12)9-19/h1-7,13H/t13-/m1/s1. The molecule has 2 rings (SSSR count). The molecule has 0 aliphatic rings. The van der Waals surface area contributed by atoms with Crippen LogP contribution in [0, 0.1) is 34.3 Å². The topological polar surface area (TPSA) is 47.6 Å². The van der Waals surface area contributed by atoms with Crippen LogP contribution in [0.3, 0.4) is 0 Å². The van der Waals surface area contributed by atoms with Crippen molar-refractivity contribution < 1.29 is 8.78 Å². The molecule has 1 atom stereocenters. The first kappa shape index (κ1) is 12.7. The van der Waals surface area contributed by atoms with Gasteiger partial charge in [0.05, 0.1) is 17.6 Å². The van der Waals surface area contributed by atoms with E-state index in [4.69, 9.17) is 5.26 Å². The Morgan fingerprint density at radius 3 is 2.21 bits per heavy atom. The number of benzene rings is 2. The van der Waals surface area contributed by atoms with Crippen LogP contribution < -0.4 is 0 Å². The van der Waals surface area contributed by atoms with Gasteiger partial charge in [0.2, 0.25) is 0 Å². The average Bonchev–Trinajstić information content (AvgIpc) is 2.42.